The first-order valence-electron chi connectivity index (χ1n) is 7.42. The average Bonchev–Trinajstić information content (AvgIpc) is 2.63. The predicted molar refractivity (Wildman–Crippen MR) is 99.4 cm³/mol. The third kappa shape index (κ3) is 4.16. The average molecular weight is 355 g/mol. The van der Waals surface area contributed by atoms with Crippen molar-refractivity contribution in [3.05, 3.63) is 89.6 Å². The molecule has 3 rings (SSSR count). The van der Waals surface area contributed by atoms with E-state index in [1.807, 2.05) is 60.7 Å². The van der Waals surface area contributed by atoms with Gasteiger partial charge in [0.05, 0.1) is 5.02 Å². The van der Waals surface area contributed by atoms with E-state index in [-0.39, 0.29) is 5.91 Å². The van der Waals surface area contributed by atoms with Crippen molar-refractivity contribution in [2.75, 3.05) is 5.32 Å². The summed E-state index contributed by atoms with van der Waals surface area (Å²) in [5.41, 5.74) is 0.927. The van der Waals surface area contributed by atoms with Gasteiger partial charge < -0.3 is 5.32 Å². The van der Waals surface area contributed by atoms with Gasteiger partial charge in [-0.3, -0.25) is 4.79 Å². The van der Waals surface area contributed by atoms with Crippen molar-refractivity contribution in [3.8, 4) is 0 Å². The first-order chi connectivity index (χ1) is 11.7. The number of hydrogen-bond donors (Lipinski definition) is 1. The van der Waals surface area contributed by atoms with Crippen molar-refractivity contribution in [1.82, 2.24) is 4.98 Å². The number of amides is 1. The Kier molecular flexibility index (Phi) is 5.51. The van der Waals surface area contributed by atoms with Gasteiger partial charge in [-0.2, -0.15) is 0 Å². The number of carbonyl (C=O) groups is 1. The van der Waals surface area contributed by atoms with Crippen molar-refractivity contribution in [3.63, 3.8) is 0 Å². The molecule has 3 nitrogen and oxygen atoms in total. The lowest BCUT2D eigenvalue weighted by Gasteiger charge is -2.17. The molecule has 0 aliphatic heterocycles. The summed E-state index contributed by atoms with van der Waals surface area (Å²) >= 11 is 7.59. The Hall–Kier alpha value is -2.30. The first kappa shape index (κ1) is 16.6. The van der Waals surface area contributed by atoms with Crippen molar-refractivity contribution < 1.29 is 4.79 Å². The summed E-state index contributed by atoms with van der Waals surface area (Å²) < 4.78 is 0. The van der Waals surface area contributed by atoms with Gasteiger partial charge in [0.25, 0.3) is 0 Å². The fourth-order valence-electron chi connectivity index (χ4n) is 2.20. The molecule has 2 aromatic carbocycles. The van der Waals surface area contributed by atoms with E-state index >= 15 is 0 Å². The van der Waals surface area contributed by atoms with Crippen LogP contribution in [-0.2, 0) is 4.79 Å². The first-order valence-corrected chi connectivity index (χ1v) is 8.68. The van der Waals surface area contributed by atoms with Crippen LogP contribution in [0, 0.1) is 0 Å². The number of hydrogen-bond acceptors (Lipinski definition) is 3. The third-order valence-corrected chi connectivity index (χ3v) is 4.91. The zero-order chi connectivity index (χ0) is 16.8. The lowest BCUT2D eigenvalue weighted by Crippen LogP contribution is -2.19. The summed E-state index contributed by atoms with van der Waals surface area (Å²) in [4.78, 5) is 18.0. The summed E-state index contributed by atoms with van der Waals surface area (Å²) in [5.74, 6) is 0.217. The molecule has 0 spiro atoms. The molecule has 0 aliphatic rings. The maximum absolute atomic E-state index is 12.8. The van der Waals surface area contributed by atoms with Gasteiger partial charge in [0.2, 0.25) is 5.91 Å². The maximum atomic E-state index is 12.8. The number of nitrogens with zero attached hydrogens (tertiary/aromatic N) is 1. The summed E-state index contributed by atoms with van der Waals surface area (Å²) in [6.07, 6.45) is 1.60. The molecule has 1 N–H and O–H groups in total. The molecular weight excluding hydrogens is 340 g/mol. The van der Waals surface area contributed by atoms with Gasteiger partial charge in [-0.1, -0.05) is 60.1 Å². The number of rotatable bonds is 5. The molecule has 0 radical (unpaired) electrons. The highest BCUT2D eigenvalue weighted by Gasteiger charge is 2.23. The minimum absolute atomic E-state index is 0.157. The van der Waals surface area contributed by atoms with Gasteiger partial charge >= 0.3 is 0 Å². The number of halogens is 1. The summed E-state index contributed by atoms with van der Waals surface area (Å²) in [6.45, 7) is 0. The molecule has 1 atom stereocenters. The van der Waals surface area contributed by atoms with Crippen LogP contribution in [-0.4, -0.2) is 10.9 Å². The van der Waals surface area contributed by atoms with Crippen LogP contribution in [0.4, 0.5) is 5.82 Å². The Morgan fingerprint density at radius 2 is 1.62 bits per heavy atom. The van der Waals surface area contributed by atoms with Gasteiger partial charge in [0.15, 0.2) is 5.82 Å². The molecule has 0 fully saturated rings. The Labute approximate surface area is 150 Å². The summed E-state index contributed by atoms with van der Waals surface area (Å²) in [5, 5.41) is 2.85. The smallest absolute Gasteiger partial charge is 0.243 e. The highest BCUT2D eigenvalue weighted by molar-refractivity contribution is 8.00. The van der Waals surface area contributed by atoms with E-state index in [9.17, 15) is 4.79 Å². The van der Waals surface area contributed by atoms with Crippen LogP contribution in [0.15, 0.2) is 83.9 Å². The number of thioether (sulfide) groups is 1. The van der Waals surface area contributed by atoms with E-state index in [0.29, 0.717) is 10.8 Å². The fourth-order valence-corrected chi connectivity index (χ4v) is 3.41. The van der Waals surface area contributed by atoms with Crippen LogP contribution >= 0.6 is 23.4 Å². The van der Waals surface area contributed by atoms with Crippen molar-refractivity contribution in [2.24, 2.45) is 0 Å². The van der Waals surface area contributed by atoms with Crippen LogP contribution in [0.3, 0.4) is 0 Å². The van der Waals surface area contributed by atoms with E-state index in [0.717, 1.165) is 10.5 Å². The summed E-state index contributed by atoms with van der Waals surface area (Å²) in [7, 11) is 0. The molecule has 0 aliphatic carbocycles. The van der Waals surface area contributed by atoms with E-state index < -0.39 is 5.25 Å². The molecule has 120 valence electrons. The maximum Gasteiger partial charge on any atom is 0.243 e. The molecular formula is C19H15ClN2OS. The Bertz CT molecular complexity index is 812. The molecule has 0 bridgehead atoms. The molecule has 0 unspecified atom stereocenters. The monoisotopic (exact) mass is 354 g/mol. The second kappa shape index (κ2) is 7.99. The SMILES string of the molecule is O=C(Nc1ncccc1Cl)[C@H](Sc1ccccc1)c1ccccc1. The second-order valence-corrected chi connectivity index (χ2v) is 6.63. The minimum Gasteiger partial charge on any atom is -0.308 e. The van der Waals surface area contributed by atoms with Crippen LogP contribution in [0.25, 0.3) is 0 Å². The highest BCUT2D eigenvalue weighted by atomic mass is 35.5. The molecule has 5 heteroatoms. The number of carbonyl (C=O) groups excluding carboxylic acids is 1. The number of nitrogens with one attached hydrogen (secondary N) is 1. The van der Waals surface area contributed by atoms with Crippen LogP contribution in [0.5, 0.6) is 0 Å². The van der Waals surface area contributed by atoms with Crippen LogP contribution in [0.1, 0.15) is 10.8 Å². The quantitative estimate of drug-likeness (QED) is 0.640. The van der Waals surface area contributed by atoms with Gasteiger partial charge in [-0.25, -0.2) is 4.98 Å². The number of aromatic nitrogens is 1. The van der Waals surface area contributed by atoms with E-state index in [4.69, 9.17) is 11.6 Å². The molecule has 1 amide bonds. The molecule has 3 aromatic rings. The van der Waals surface area contributed by atoms with E-state index in [1.165, 1.54) is 11.8 Å². The topological polar surface area (TPSA) is 42.0 Å². The lowest BCUT2D eigenvalue weighted by atomic mass is 10.1. The van der Waals surface area contributed by atoms with Crippen molar-refractivity contribution in [2.45, 2.75) is 10.1 Å². The van der Waals surface area contributed by atoms with Gasteiger partial charge in [0.1, 0.15) is 5.25 Å². The second-order valence-electron chi connectivity index (χ2n) is 5.04. The fraction of sp³-hybridized carbons (Fsp3) is 0.0526. The van der Waals surface area contributed by atoms with Gasteiger partial charge in [0, 0.05) is 11.1 Å². The minimum atomic E-state index is -0.397. The van der Waals surface area contributed by atoms with Crippen molar-refractivity contribution >= 4 is 35.1 Å². The van der Waals surface area contributed by atoms with Crippen molar-refractivity contribution in [1.29, 1.82) is 0 Å². The normalized spacial score (nSPS) is 11.7. The van der Waals surface area contributed by atoms with E-state index in [1.54, 1.807) is 18.3 Å². The number of benzene rings is 2. The molecule has 0 saturated carbocycles. The summed E-state index contributed by atoms with van der Waals surface area (Å²) in [6, 6.07) is 22.9. The zero-order valence-corrected chi connectivity index (χ0v) is 14.3. The largest absolute Gasteiger partial charge is 0.308 e. The lowest BCUT2D eigenvalue weighted by molar-refractivity contribution is -0.115. The molecule has 0 saturated heterocycles. The van der Waals surface area contributed by atoms with Gasteiger partial charge in [-0.05, 0) is 29.8 Å². The third-order valence-electron chi connectivity index (χ3n) is 3.34. The zero-order valence-electron chi connectivity index (χ0n) is 12.7. The number of pyridine rings is 1. The predicted octanol–water partition coefficient (Wildman–Crippen LogP) is 5.21. The molecule has 1 aromatic heterocycles. The Morgan fingerprint density at radius 1 is 0.958 bits per heavy atom. The van der Waals surface area contributed by atoms with Crippen LogP contribution < -0.4 is 5.32 Å². The standard InChI is InChI=1S/C19H15ClN2OS/c20-16-12-7-13-21-18(16)22-19(23)17(14-8-3-1-4-9-14)24-15-10-5-2-6-11-15/h1-13,17H,(H,21,22,23)/t17-/m1/s1. The van der Waals surface area contributed by atoms with E-state index in [2.05, 4.69) is 10.3 Å². The number of anilines is 1. The Balaban J connectivity index is 1.87. The van der Waals surface area contributed by atoms with Crippen LogP contribution in [0.2, 0.25) is 5.02 Å². The Morgan fingerprint density at radius 3 is 2.29 bits per heavy atom. The molecule has 1 heterocycles. The van der Waals surface area contributed by atoms with Gasteiger partial charge in [-0.15, -0.1) is 11.8 Å². The molecule has 24 heavy (non-hydrogen) atoms. The highest BCUT2D eigenvalue weighted by Crippen LogP contribution is 2.36.